The van der Waals surface area contributed by atoms with Crippen molar-refractivity contribution in [2.45, 2.75) is 0 Å². The van der Waals surface area contributed by atoms with Gasteiger partial charge in [-0.25, -0.2) is 4.98 Å². The summed E-state index contributed by atoms with van der Waals surface area (Å²) in [5, 5.41) is 12.4. The smallest absolute Gasteiger partial charge is 0.259 e. The van der Waals surface area contributed by atoms with Crippen molar-refractivity contribution in [2.75, 3.05) is 12.4 Å². The maximum absolute atomic E-state index is 12.0. The molecule has 0 aliphatic rings. The lowest BCUT2D eigenvalue weighted by Crippen LogP contribution is -2.12. The van der Waals surface area contributed by atoms with Crippen LogP contribution in [-0.4, -0.2) is 23.1 Å². The first-order valence-corrected chi connectivity index (χ1v) is 6.19. The molecule has 1 amide bonds. The molecule has 0 spiro atoms. The molecule has 0 saturated carbocycles. The Bertz CT molecular complexity index is 599. The molecule has 0 saturated heterocycles. The van der Waals surface area contributed by atoms with E-state index in [2.05, 4.69) is 26.2 Å². The Labute approximate surface area is 118 Å². The molecule has 0 bridgehead atoms. The molecule has 0 aliphatic heterocycles. The number of anilines is 1. The molecule has 1 aromatic heterocycles. The van der Waals surface area contributed by atoms with Crippen LogP contribution in [0.3, 0.4) is 0 Å². The van der Waals surface area contributed by atoms with Gasteiger partial charge in [0.2, 0.25) is 0 Å². The summed E-state index contributed by atoms with van der Waals surface area (Å²) in [4.78, 5) is 16.0. The van der Waals surface area contributed by atoms with Crippen molar-refractivity contribution in [3.63, 3.8) is 0 Å². The summed E-state index contributed by atoms with van der Waals surface area (Å²) in [6, 6.07) is 7.90. The van der Waals surface area contributed by atoms with E-state index in [4.69, 9.17) is 4.74 Å². The van der Waals surface area contributed by atoms with Crippen LogP contribution >= 0.6 is 15.9 Å². The molecule has 98 valence electrons. The number of carbonyl (C=O) groups is 1. The number of carbonyl (C=O) groups excluding carboxylic acids is 1. The van der Waals surface area contributed by atoms with Crippen LogP contribution in [-0.2, 0) is 0 Å². The number of nitrogens with zero attached hydrogens (tertiary/aromatic N) is 1. The number of aromatic hydroxyl groups is 1. The predicted octanol–water partition coefficient (Wildman–Crippen LogP) is 2.81. The number of hydrogen-bond acceptors (Lipinski definition) is 4. The number of pyridine rings is 1. The topological polar surface area (TPSA) is 71.5 Å². The molecule has 5 nitrogen and oxygen atoms in total. The number of amides is 1. The molecule has 2 N–H and O–H groups in total. The van der Waals surface area contributed by atoms with E-state index in [1.54, 1.807) is 18.2 Å². The molecule has 0 aliphatic carbocycles. The van der Waals surface area contributed by atoms with Crippen molar-refractivity contribution in [2.24, 2.45) is 0 Å². The Hall–Kier alpha value is -2.08. The molecule has 2 rings (SSSR count). The number of benzene rings is 1. The number of hydrogen-bond donors (Lipinski definition) is 2. The predicted molar refractivity (Wildman–Crippen MR) is 74.5 cm³/mol. The molecule has 0 fully saturated rings. The second-order valence-electron chi connectivity index (χ2n) is 3.71. The van der Waals surface area contributed by atoms with E-state index >= 15 is 0 Å². The highest BCUT2D eigenvalue weighted by atomic mass is 79.9. The van der Waals surface area contributed by atoms with Crippen LogP contribution < -0.4 is 10.1 Å². The molecule has 0 atom stereocenters. The monoisotopic (exact) mass is 322 g/mol. The standard InChI is InChI=1S/C13H11BrN2O3/c1-19-9-3-4-10(11(17)6-9)13(18)16-8-2-5-12(14)15-7-8/h2-7,17H,1H3,(H,16,18). The van der Waals surface area contributed by atoms with Crippen molar-refractivity contribution in [3.05, 3.63) is 46.7 Å². The lowest BCUT2D eigenvalue weighted by atomic mass is 10.1. The van der Waals surface area contributed by atoms with Crippen LogP contribution in [0, 0.1) is 0 Å². The van der Waals surface area contributed by atoms with E-state index in [9.17, 15) is 9.90 Å². The summed E-state index contributed by atoms with van der Waals surface area (Å²) >= 11 is 3.21. The first kappa shape index (κ1) is 13.4. The summed E-state index contributed by atoms with van der Waals surface area (Å²) < 4.78 is 5.63. The average molecular weight is 323 g/mol. The zero-order valence-corrected chi connectivity index (χ0v) is 11.6. The van der Waals surface area contributed by atoms with E-state index in [0.717, 1.165) is 0 Å². The van der Waals surface area contributed by atoms with Gasteiger partial charge in [-0.05, 0) is 40.2 Å². The normalized spacial score (nSPS) is 10.0. The van der Waals surface area contributed by atoms with Gasteiger partial charge in [-0.1, -0.05) is 0 Å². The Balaban J connectivity index is 2.18. The number of halogens is 1. The maximum atomic E-state index is 12.0. The molecule has 0 radical (unpaired) electrons. The quantitative estimate of drug-likeness (QED) is 0.852. The Morgan fingerprint density at radius 2 is 2.16 bits per heavy atom. The van der Waals surface area contributed by atoms with Crippen LogP contribution in [0.2, 0.25) is 0 Å². The fraction of sp³-hybridized carbons (Fsp3) is 0.0769. The molecule has 2 aromatic rings. The molecule has 19 heavy (non-hydrogen) atoms. The second kappa shape index (κ2) is 5.71. The van der Waals surface area contributed by atoms with Gasteiger partial charge in [0, 0.05) is 6.07 Å². The molecule has 0 unspecified atom stereocenters. The minimum Gasteiger partial charge on any atom is -0.507 e. The van der Waals surface area contributed by atoms with Gasteiger partial charge >= 0.3 is 0 Å². The third kappa shape index (κ3) is 3.23. The van der Waals surface area contributed by atoms with Crippen LogP contribution in [0.15, 0.2) is 41.1 Å². The van der Waals surface area contributed by atoms with Crippen molar-refractivity contribution in [1.29, 1.82) is 0 Å². The zero-order chi connectivity index (χ0) is 13.8. The number of methoxy groups -OCH3 is 1. The largest absolute Gasteiger partial charge is 0.507 e. The number of nitrogens with one attached hydrogen (secondary N) is 1. The number of aromatic nitrogens is 1. The van der Waals surface area contributed by atoms with Gasteiger partial charge in [-0.3, -0.25) is 4.79 Å². The van der Waals surface area contributed by atoms with Gasteiger partial charge in [0.15, 0.2) is 0 Å². The summed E-state index contributed by atoms with van der Waals surface area (Å²) in [6.07, 6.45) is 1.52. The molecule has 1 heterocycles. The van der Waals surface area contributed by atoms with Crippen LogP contribution in [0.25, 0.3) is 0 Å². The number of rotatable bonds is 3. The third-order valence-corrected chi connectivity index (χ3v) is 2.90. The molecule has 1 aromatic carbocycles. The Morgan fingerprint density at radius 3 is 2.74 bits per heavy atom. The van der Waals surface area contributed by atoms with E-state index in [1.807, 2.05) is 0 Å². The highest BCUT2D eigenvalue weighted by Gasteiger charge is 2.12. The van der Waals surface area contributed by atoms with Crippen molar-refractivity contribution in [3.8, 4) is 11.5 Å². The van der Waals surface area contributed by atoms with E-state index < -0.39 is 5.91 Å². The highest BCUT2D eigenvalue weighted by molar-refractivity contribution is 9.10. The fourth-order valence-corrected chi connectivity index (χ4v) is 1.71. The minimum atomic E-state index is -0.413. The van der Waals surface area contributed by atoms with Gasteiger partial charge in [0.1, 0.15) is 16.1 Å². The van der Waals surface area contributed by atoms with Crippen LogP contribution in [0.4, 0.5) is 5.69 Å². The number of ether oxygens (including phenoxy) is 1. The van der Waals surface area contributed by atoms with Gasteiger partial charge in [0.05, 0.1) is 24.6 Å². The maximum Gasteiger partial charge on any atom is 0.259 e. The number of phenols is 1. The van der Waals surface area contributed by atoms with Crippen molar-refractivity contribution in [1.82, 2.24) is 4.98 Å². The van der Waals surface area contributed by atoms with Gasteiger partial charge in [-0.2, -0.15) is 0 Å². The van der Waals surface area contributed by atoms with Crippen LogP contribution in [0.1, 0.15) is 10.4 Å². The fourth-order valence-electron chi connectivity index (χ4n) is 1.48. The summed E-state index contributed by atoms with van der Waals surface area (Å²) in [5.41, 5.74) is 0.715. The average Bonchev–Trinajstić information content (AvgIpc) is 2.41. The third-order valence-electron chi connectivity index (χ3n) is 2.43. The lowest BCUT2D eigenvalue weighted by Gasteiger charge is -2.08. The van der Waals surface area contributed by atoms with E-state index in [-0.39, 0.29) is 11.3 Å². The second-order valence-corrected chi connectivity index (χ2v) is 4.52. The molecule has 6 heteroatoms. The number of phenolic OH excluding ortho intramolecular Hbond substituents is 1. The minimum absolute atomic E-state index is 0.137. The molecular formula is C13H11BrN2O3. The summed E-state index contributed by atoms with van der Waals surface area (Å²) in [7, 11) is 1.49. The first-order chi connectivity index (χ1) is 9.10. The van der Waals surface area contributed by atoms with Gasteiger partial charge in [0.25, 0.3) is 5.91 Å². The van der Waals surface area contributed by atoms with Crippen molar-refractivity contribution < 1.29 is 14.6 Å². The summed E-state index contributed by atoms with van der Waals surface area (Å²) in [5.74, 6) is -0.0643. The Morgan fingerprint density at radius 1 is 1.37 bits per heavy atom. The summed E-state index contributed by atoms with van der Waals surface area (Å²) in [6.45, 7) is 0. The van der Waals surface area contributed by atoms with Gasteiger partial charge < -0.3 is 15.2 Å². The zero-order valence-electron chi connectivity index (χ0n) is 10.1. The molecular weight excluding hydrogens is 312 g/mol. The SMILES string of the molecule is COc1ccc(C(=O)Nc2ccc(Br)nc2)c(O)c1. The van der Waals surface area contributed by atoms with Crippen LogP contribution in [0.5, 0.6) is 11.5 Å². The highest BCUT2D eigenvalue weighted by Crippen LogP contribution is 2.24. The van der Waals surface area contributed by atoms with E-state index in [1.165, 1.54) is 25.4 Å². The first-order valence-electron chi connectivity index (χ1n) is 5.40. The van der Waals surface area contributed by atoms with Crippen molar-refractivity contribution >= 4 is 27.5 Å². The van der Waals surface area contributed by atoms with E-state index in [0.29, 0.717) is 16.0 Å². The Kier molecular flexibility index (Phi) is 4.01. The lowest BCUT2D eigenvalue weighted by molar-refractivity contribution is 0.102. The van der Waals surface area contributed by atoms with Gasteiger partial charge in [-0.15, -0.1) is 0 Å².